The van der Waals surface area contributed by atoms with E-state index >= 15 is 0 Å². The number of rotatable bonds is 5. The first-order chi connectivity index (χ1) is 11.3. The number of benzene rings is 1. The molecule has 5 heteroatoms. The van der Waals surface area contributed by atoms with Gasteiger partial charge in [-0.2, -0.15) is 0 Å². The van der Waals surface area contributed by atoms with Crippen molar-refractivity contribution in [1.82, 2.24) is 9.97 Å². The number of hydrogen-bond donors (Lipinski definition) is 1. The number of thiophene rings is 1. The Morgan fingerprint density at radius 3 is 2.74 bits per heavy atom. The molecule has 3 aromatic rings. The van der Waals surface area contributed by atoms with Crippen LogP contribution in [-0.2, 0) is 0 Å². The maximum Gasteiger partial charge on any atom is 0.147 e. The highest BCUT2D eigenvalue weighted by Gasteiger charge is 2.22. The topological polar surface area (TPSA) is 47.0 Å². The van der Waals surface area contributed by atoms with Gasteiger partial charge in [0.05, 0.1) is 17.3 Å². The number of fused-ring (bicyclic) bond motifs is 1. The number of nitrogens with one attached hydrogen (secondary N) is 1. The molecule has 0 atom stereocenters. The van der Waals surface area contributed by atoms with Gasteiger partial charge in [0.15, 0.2) is 0 Å². The molecule has 0 amide bonds. The average Bonchev–Trinajstić information content (AvgIpc) is 3.31. The van der Waals surface area contributed by atoms with Gasteiger partial charge >= 0.3 is 0 Å². The Balaban J connectivity index is 1.61. The van der Waals surface area contributed by atoms with Gasteiger partial charge in [-0.3, -0.25) is 0 Å². The first-order valence-electron chi connectivity index (χ1n) is 7.64. The van der Waals surface area contributed by atoms with Crippen molar-refractivity contribution < 1.29 is 4.74 Å². The minimum Gasteiger partial charge on any atom is -0.497 e. The minimum absolute atomic E-state index is 0.591. The molecule has 2 heterocycles. The van der Waals surface area contributed by atoms with Gasteiger partial charge in [0.1, 0.15) is 17.9 Å². The molecule has 2 aromatic heterocycles. The molecule has 1 aromatic carbocycles. The van der Waals surface area contributed by atoms with Gasteiger partial charge in [-0.25, -0.2) is 9.97 Å². The Bertz CT molecular complexity index is 850. The lowest BCUT2D eigenvalue weighted by Crippen LogP contribution is -2.03. The first kappa shape index (κ1) is 14.2. The Labute approximate surface area is 138 Å². The molecule has 0 bridgehead atoms. The smallest absolute Gasteiger partial charge is 0.147 e. The van der Waals surface area contributed by atoms with Gasteiger partial charge in [0.2, 0.25) is 0 Å². The van der Waals surface area contributed by atoms with Gasteiger partial charge in [-0.05, 0) is 30.5 Å². The molecule has 23 heavy (non-hydrogen) atoms. The third kappa shape index (κ3) is 3.05. The van der Waals surface area contributed by atoms with Gasteiger partial charge in [0.25, 0.3) is 0 Å². The summed E-state index contributed by atoms with van der Waals surface area (Å²) < 4.78 is 6.31. The van der Waals surface area contributed by atoms with Crippen LogP contribution in [0.15, 0.2) is 36.0 Å². The van der Waals surface area contributed by atoms with Crippen molar-refractivity contribution in [3.8, 4) is 5.75 Å². The maximum absolute atomic E-state index is 5.18. The van der Waals surface area contributed by atoms with Crippen molar-refractivity contribution in [3.63, 3.8) is 0 Å². The molecule has 1 aliphatic carbocycles. The SMILES string of the molecule is COc1ccc(C=Cc2csc3c(NC4CC4)ncnc23)cc1. The number of hydrogen-bond acceptors (Lipinski definition) is 5. The predicted molar refractivity (Wildman–Crippen MR) is 96.0 cm³/mol. The molecule has 4 rings (SSSR count). The second-order valence-electron chi connectivity index (χ2n) is 5.62. The molecule has 1 N–H and O–H groups in total. The molecule has 0 saturated heterocycles. The van der Waals surface area contributed by atoms with Gasteiger partial charge in [-0.15, -0.1) is 11.3 Å². The summed E-state index contributed by atoms with van der Waals surface area (Å²) >= 11 is 1.69. The molecule has 0 spiro atoms. The van der Waals surface area contributed by atoms with Gasteiger partial charge < -0.3 is 10.1 Å². The zero-order chi connectivity index (χ0) is 15.6. The lowest BCUT2D eigenvalue weighted by molar-refractivity contribution is 0.415. The molecular formula is C18H17N3OS. The van der Waals surface area contributed by atoms with Crippen LogP contribution in [0.1, 0.15) is 24.0 Å². The molecule has 1 saturated carbocycles. The van der Waals surface area contributed by atoms with E-state index in [-0.39, 0.29) is 0 Å². The van der Waals surface area contributed by atoms with E-state index in [0.717, 1.165) is 32.9 Å². The van der Waals surface area contributed by atoms with Crippen LogP contribution in [0.4, 0.5) is 5.82 Å². The lowest BCUT2D eigenvalue weighted by Gasteiger charge is -2.03. The monoisotopic (exact) mass is 323 g/mol. The Kier molecular flexibility index (Phi) is 3.71. The summed E-state index contributed by atoms with van der Waals surface area (Å²) in [5.41, 5.74) is 3.27. The van der Waals surface area contributed by atoms with Crippen LogP contribution in [0.2, 0.25) is 0 Å². The Hall–Kier alpha value is -2.40. The maximum atomic E-state index is 5.18. The molecule has 4 nitrogen and oxygen atoms in total. The zero-order valence-electron chi connectivity index (χ0n) is 12.8. The Morgan fingerprint density at radius 1 is 1.17 bits per heavy atom. The molecule has 0 radical (unpaired) electrons. The summed E-state index contributed by atoms with van der Waals surface area (Å²) in [4.78, 5) is 8.85. The summed E-state index contributed by atoms with van der Waals surface area (Å²) in [6, 6.07) is 8.60. The van der Waals surface area contributed by atoms with Crippen LogP contribution >= 0.6 is 11.3 Å². The van der Waals surface area contributed by atoms with E-state index in [4.69, 9.17) is 4.74 Å². The van der Waals surface area contributed by atoms with Gasteiger partial charge in [0, 0.05) is 17.0 Å². The second-order valence-corrected chi connectivity index (χ2v) is 6.50. The molecular weight excluding hydrogens is 306 g/mol. The third-order valence-electron chi connectivity index (χ3n) is 3.87. The summed E-state index contributed by atoms with van der Waals surface area (Å²) in [7, 11) is 1.68. The van der Waals surface area contributed by atoms with Crippen molar-refractivity contribution in [2.24, 2.45) is 0 Å². The van der Waals surface area contributed by atoms with E-state index in [0.29, 0.717) is 6.04 Å². The molecule has 1 fully saturated rings. The average molecular weight is 323 g/mol. The van der Waals surface area contributed by atoms with Crippen LogP contribution in [0.25, 0.3) is 22.4 Å². The number of nitrogens with zero attached hydrogens (tertiary/aromatic N) is 2. The van der Waals surface area contributed by atoms with Crippen LogP contribution in [-0.4, -0.2) is 23.1 Å². The highest BCUT2D eigenvalue weighted by Crippen LogP contribution is 2.33. The fourth-order valence-electron chi connectivity index (χ4n) is 2.41. The van der Waals surface area contributed by atoms with Crippen molar-refractivity contribution in [1.29, 1.82) is 0 Å². The summed E-state index contributed by atoms with van der Waals surface area (Å²) in [6.45, 7) is 0. The normalized spacial score (nSPS) is 14.5. The highest BCUT2D eigenvalue weighted by molar-refractivity contribution is 7.18. The summed E-state index contributed by atoms with van der Waals surface area (Å²) in [5.74, 6) is 1.83. The highest BCUT2D eigenvalue weighted by atomic mass is 32.1. The van der Waals surface area contributed by atoms with Crippen molar-refractivity contribution in [2.45, 2.75) is 18.9 Å². The summed E-state index contributed by atoms with van der Waals surface area (Å²) in [5, 5.41) is 5.62. The summed E-state index contributed by atoms with van der Waals surface area (Å²) in [6.07, 6.45) is 8.32. The van der Waals surface area contributed by atoms with Crippen LogP contribution in [0.3, 0.4) is 0 Å². The minimum atomic E-state index is 0.591. The number of ether oxygens (including phenoxy) is 1. The van der Waals surface area contributed by atoms with E-state index in [9.17, 15) is 0 Å². The van der Waals surface area contributed by atoms with Crippen molar-refractivity contribution in [2.75, 3.05) is 12.4 Å². The predicted octanol–water partition coefficient (Wildman–Crippen LogP) is 4.44. The standard InChI is InChI=1S/C18H17N3OS/c1-22-15-8-3-12(4-9-15)2-5-13-10-23-17-16(13)19-11-20-18(17)21-14-6-7-14/h2-5,8-11,14H,6-7H2,1H3,(H,19,20,21). The van der Waals surface area contributed by atoms with E-state index in [1.807, 2.05) is 24.3 Å². The lowest BCUT2D eigenvalue weighted by atomic mass is 10.1. The molecule has 116 valence electrons. The fourth-order valence-corrected chi connectivity index (χ4v) is 3.35. The van der Waals surface area contributed by atoms with Crippen LogP contribution < -0.4 is 10.1 Å². The number of anilines is 1. The number of methoxy groups -OCH3 is 1. The van der Waals surface area contributed by atoms with Crippen LogP contribution in [0.5, 0.6) is 5.75 Å². The first-order valence-corrected chi connectivity index (χ1v) is 8.52. The van der Waals surface area contributed by atoms with Crippen molar-refractivity contribution in [3.05, 3.63) is 47.1 Å². The number of aromatic nitrogens is 2. The van der Waals surface area contributed by atoms with Crippen LogP contribution in [0, 0.1) is 0 Å². The molecule has 0 unspecified atom stereocenters. The fraction of sp³-hybridized carbons (Fsp3) is 0.222. The third-order valence-corrected chi connectivity index (χ3v) is 4.86. The van der Waals surface area contributed by atoms with E-state index in [2.05, 4.69) is 32.8 Å². The van der Waals surface area contributed by atoms with Crippen molar-refractivity contribution >= 4 is 39.5 Å². The van der Waals surface area contributed by atoms with Gasteiger partial charge in [-0.1, -0.05) is 24.3 Å². The molecule has 0 aliphatic heterocycles. The Morgan fingerprint density at radius 2 is 2.00 bits per heavy atom. The van der Waals surface area contributed by atoms with E-state index in [1.165, 1.54) is 12.8 Å². The van der Waals surface area contributed by atoms with E-state index < -0.39 is 0 Å². The quantitative estimate of drug-likeness (QED) is 0.754. The molecule has 1 aliphatic rings. The largest absolute Gasteiger partial charge is 0.497 e. The zero-order valence-corrected chi connectivity index (χ0v) is 13.6. The van der Waals surface area contributed by atoms with E-state index in [1.54, 1.807) is 24.8 Å². The second kappa shape index (κ2) is 6.01.